The summed E-state index contributed by atoms with van der Waals surface area (Å²) in [5.41, 5.74) is 0.946. The molecule has 2 aromatic rings. The summed E-state index contributed by atoms with van der Waals surface area (Å²) in [5.74, 6) is -0.339. The first-order valence-corrected chi connectivity index (χ1v) is 5.07. The second-order valence-corrected chi connectivity index (χ2v) is 3.58. The highest BCUT2D eigenvalue weighted by Crippen LogP contribution is 2.22. The van der Waals surface area contributed by atoms with Crippen LogP contribution in [0, 0.1) is 4.91 Å². The van der Waals surface area contributed by atoms with Crippen LogP contribution in [0.4, 0.5) is 0 Å². The molecule has 0 radical (unpaired) electrons. The SMILES string of the molecule is O=Cc1ccc(C(=O)CN=O)c2ccccc12. The molecule has 0 heterocycles. The summed E-state index contributed by atoms with van der Waals surface area (Å²) in [4.78, 5) is 32.7. The predicted octanol–water partition coefficient (Wildman–Crippen LogP) is 2.60. The van der Waals surface area contributed by atoms with Gasteiger partial charge in [0.25, 0.3) is 0 Å². The van der Waals surface area contributed by atoms with Crippen molar-refractivity contribution in [2.24, 2.45) is 5.18 Å². The van der Waals surface area contributed by atoms with E-state index in [0.717, 1.165) is 6.29 Å². The average molecular weight is 227 g/mol. The molecule has 0 aliphatic rings. The number of Topliss-reactive ketones (excluding diaryl/α,β-unsaturated/α-hetero) is 1. The zero-order chi connectivity index (χ0) is 12.3. The van der Waals surface area contributed by atoms with Crippen molar-refractivity contribution < 1.29 is 9.59 Å². The van der Waals surface area contributed by atoms with Gasteiger partial charge in [-0.2, -0.15) is 4.91 Å². The van der Waals surface area contributed by atoms with E-state index in [1.54, 1.807) is 36.4 Å². The second-order valence-electron chi connectivity index (χ2n) is 3.58. The Morgan fingerprint density at radius 3 is 2.47 bits per heavy atom. The number of rotatable bonds is 4. The summed E-state index contributed by atoms with van der Waals surface area (Å²) in [6, 6.07) is 10.2. The fourth-order valence-electron chi connectivity index (χ4n) is 1.81. The highest BCUT2D eigenvalue weighted by atomic mass is 16.3. The summed E-state index contributed by atoms with van der Waals surface area (Å²) < 4.78 is 0. The van der Waals surface area contributed by atoms with Crippen molar-refractivity contribution in [3.8, 4) is 0 Å². The van der Waals surface area contributed by atoms with E-state index in [1.807, 2.05) is 0 Å². The van der Waals surface area contributed by atoms with Gasteiger partial charge in [-0.25, -0.2) is 0 Å². The summed E-state index contributed by atoms with van der Waals surface area (Å²) in [5, 5.41) is 3.97. The summed E-state index contributed by atoms with van der Waals surface area (Å²) in [6.45, 7) is -0.384. The zero-order valence-electron chi connectivity index (χ0n) is 8.92. The molecule has 0 aliphatic heterocycles. The molecule has 4 nitrogen and oxygen atoms in total. The van der Waals surface area contributed by atoms with Crippen molar-refractivity contribution in [1.29, 1.82) is 0 Å². The minimum absolute atomic E-state index is 0.339. The molecule has 2 aromatic carbocycles. The molecule has 0 amide bonds. The summed E-state index contributed by atoms with van der Waals surface area (Å²) in [7, 11) is 0. The van der Waals surface area contributed by atoms with Gasteiger partial charge in [-0.05, 0) is 16.8 Å². The number of carbonyl (C=O) groups excluding carboxylic acids is 2. The van der Waals surface area contributed by atoms with Crippen LogP contribution in [0.2, 0.25) is 0 Å². The lowest BCUT2D eigenvalue weighted by Crippen LogP contribution is -2.04. The first-order chi connectivity index (χ1) is 8.27. The van der Waals surface area contributed by atoms with E-state index >= 15 is 0 Å². The maximum atomic E-state index is 11.7. The van der Waals surface area contributed by atoms with E-state index in [2.05, 4.69) is 5.18 Å². The van der Waals surface area contributed by atoms with Crippen LogP contribution in [0.15, 0.2) is 41.6 Å². The highest BCUT2D eigenvalue weighted by molar-refractivity contribution is 6.12. The number of benzene rings is 2. The van der Waals surface area contributed by atoms with Crippen molar-refractivity contribution in [2.45, 2.75) is 0 Å². The molecule has 0 unspecified atom stereocenters. The van der Waals surface area contributed by atoms with Gasteiger partial charge in [0.15, 0.2) is 12.1 Å². The minimum Gasteiger partial charge on any atom is -0.298 e. The maximum Gasteiger partial charge on any atom is 0.188 e. The van der Waals surface area contributed by atoms with Gasteiger partial charge in [0, 0.05) is 11.1 Å². The number of fused-ring (bicyclic) bond motifs is 1. The molecule has 2 rings (SSSR count). The molecule has 0 atom stereocenters. The third-order valence-corrected chi connectivity index (χ3v) is 2.59. The third kappa shape index (κ3) is 1.97. The van der Waals surface area contributed by atoms with E-state index in [0.29, 0.717) is 21.9 Å². The topological polar surface area (TPSA) is 63.6 Å². The van der Waals surface area contributed by atoms with Gasteiger partial charge >= 0.3 is 0 Å². The first kappa shape index (κ1) is 11.1. The number of nitroso groups, excluding NO2 is 1. The van der Waals surface area contributed by atoms with E-state index in [4.69, 9.17) is 0 Å². The molecule has 0 aromatic heterocycles. The van der Waals surface area contributed by atoms with Crippen LogP contribution in [0.1, 0.15) is 20.7 Å². The molecule has 0 saturated carbocycles. The molecule has 0 spiro atoms. The lowest BCUT2D eigenvalue weighted by molar-refractivity contribution is 0.100. The van der Waals surface area contributed by atoms with Crippen LogP contribution >= 0.6 is 0 Å². The highest BCUT2D eigenvalue weighted by Gasteiger charge is 2.11. The van der Waals surface area contributed by atoms with Gasteiger partial charge in [0.05, 0.1) is 0 Å². The molecule has 0 fully saturated rings. The number of hydrogen-bond donors (Lipinski definition) is 0. The first-order valence-electron chi connectivity index (χ1n) is 5.07. The normalized spacial score (nSPS) is 10.1. The van der Waals surface area contributed by atoms with Gasteiger partial charge < -0.3 is 0 Å². The van der Waals surface area contributed by atoms with E-state index < -0.39 is 0 Å². The van der Waals surface area contributed by atoms with Crippen molar-refractivity contribution >= 4 is 22.8 Å². The second kappa shape index (κ2) is 4.65. The Morgan fingerprint density at radius 2 is 1.82 bits per heavy atom. The van der Waals surface area contributed by atoms with Crippen LogP contribution < -0.4 is 0 Å². The quantitative estimate of drug-likeness (QED) is 0.458. The Hall–Kier alpha value is -2.36. The van der Waals surface area contributed by atoms with Crippen molar-refractivity contribution in [3.05, 3.63) is 52.4 Å². The molecule has 17 heavy (non-hydrogen) atoms. The molecular weight excluding hydrogens is 218 g/mol. The standard InChI is InChI=1S/C13H9NO3/c15-8-9-5-6-12(13(16)7-14-17)11-4-2-1-3-10(9)11/h1-6,8H,7H2. The molecule has 4 heteroatoms. The van der Waals surface area contributed by atoms with Crippen LogP contribution in [-0.2, 0) is 0 Å². The molecular formula is C13H9NO3. The van der Waals surface area contributed by atoms with Gasteiger partial charge in [-0.15, -0.1) is 0 Å². The van der Waals surface area contributed by atoms with Crippen LogP contribution in [0.3, 0.4) is 0 Å². The number of nitrogens with zero attached hydrogens (tertiary/aromatic N) is 1. The Balaban J connectivity index is 2.70. The van der Waals surface area contributed by atoms with Crippen LogP contribution in [0.25, 0.3) is 10.8 Å². The van der Waals surface area contributed by atoms with E-state index in [1.165, 1.54) is 0 Å². The monoisotopic (exact) mass is 227 g/mol. The fourth-order valence-corrected chi connectivity index (χ4v) is 1.81. The Kier molecular flexibility index (Phi) is 3.05. The van der Waals surface area contributed by atoms with E-state index in [9.17, 15) is 14.5 Å². The van der Waals surface area contributed by atoms with Gasteiger partial charge in [0.1, 0.15) is 6.54 Å². The molecule has 84 valence electrons. The fraction of sp³-hybridized carbons (Fsp3) is 0.0769. The minimum atomic E-state index is -0.384. The number of ketones is 1. The van der Waals surface area contributed by atoms with Crippen molar-refractivity contribution in [2.75, 3.05) is 6.54 Å². The smallest absolute Gasteiger partial charge is 0.188 e. The lowest BCUT2D eigenvalue weighted by atomic mass is 9.98. The van der Waals surface area contributed by atoms with Gasteiger partial charge in [0.2, 0.25) is 0 Å². The van der Waals surface area contributed by atoms with Crippen molar-refractivity contribution in [1.82, 2.24) is 0 Å². The molecule has 0 bridgehead atoms. The maximum absolute atomic E-state index is 11.7. The van der Waals surface area contributed by atoms with Gasteiger partial charge in [-0.1, -0.05) is 35.5 Å². The largest absolute Gasteiger partial charge is 0.298 e. The van der Waals surface area contributed by atoms with E-state index in [-0.39, 0.29) is 12.3 Å². The predicted molar refractivity (Wildman–Crippen MR) is 64.3 cm³/mol. The molecule has 0 N–H and O–H groups in total. The third-order valence-electron chi connectivity index (χ3n) is 2.59. The number of aldehydes is 1. The molecule has 0 aliphatic carbocycles. The van der Waals surface area contributed by atoms with Crippen LogP contribution in [-0.4, -0.2) is 18.6 Å². The lowest BCUT2D eigenvalue weighted by Gasteiger charge is -2.05. The van der Waals surface area contributed by atoms with Crippen molar-refractivity contribution in [3.63, 3.8) is 0 Å². The number of hydrogen-bond acceptors (Lipinski definition) is 4. The summed E-state index contributed by atoms with van der Waals surface area (Å²) in [6.07, 6.45) is 0.745. The Morgan fingerprint density at radius 1 is 1.12 bits per heavy atom. The number of carbonyl (C=O) groups is 2. The Bertz CT molecular complexity index is 605. The average Bonchev–Trinajstić information content (AvgIpc) is 2.37. The Labute approximate surface area is 97.2 Å². The van der Waals surface area contributed by atoms with Gasteiger partial charge in [-0.3, -0.25) is 9.59 Å². The summed E-state index contributed by atoms with van der Waals surface area (Å²) >= 11 is 0. The van der Waals surface area contributed by atoms with Crippen LogP contribution in [0.5, 0.6) is 0 Å². The zero-order valence-corrected chi connectivity index (χ0v) is 8.92. The molecule has 0 saturated heterocycles.